The summed E-state index contributed by atoms with van der Waals surface area (Å²) in [6.45, 7) is 7.81. The van der Waals surface area contributed by atoms with Gasteiger partial charge in [-0.05, 0) is 125 Å². The van der Waals surface area contributed by atoms with E-state index in [1.54, 1.807) is 7.11 Å². The lowest BCUT2D eigenvalue weighted by Crippen LogP contribution is -2.53. The predicted molar refractivity (Wildman–Crippen MR) is 216 cm³/mol. The summed E-state index contributed by atoms with van der Waals surface area (Å²) in [5.41, 5.74) is 3.49. The smallest absolute Gasteiger partial charge is 0.341 e. The van der Waals surface area contributed by atoms with Crippen LogP contribution in [-0.2, 0) is 27.9 Å². The van der Waals surface area contributed by atoms with Crippen LogP contribution in [0.25, 0.3) is 11.0 Å². The molecular formula is C43H54FN5O8S. The van der Waals surface area contributed by atoms with Gasteiger partial charge < -0.3 is 23.7 Å². The molecule has 1 aromatic heterocycles. The van der Waals surface area contributed by atoms with Crippen LogP contribution in [0.15, 0.2) is 27.4 Å². The SMILES string of the molecule is COC[C@H]1CN(c2cc(C)c3c4c(c(=O)oc3c2C)CN(C(=O)c2ccc(C(=O)NS(=O)(=O)N3CCCC3)c(OC3C5CC6CC(C5)CC3C6)c2F)CC4)CCN1C. The van der Waals surface area contributed by atoms with Crippen LogP contribution in [0.3, 0.4) is 0 Å². The molecular weight excluding hydrogens is 766 g/mol. The van der Waals surface area contributed by atoms with Crippen molar-refractivity contribution in [2.45, 2.75) is 83.9 Å². The van der Waals surface area contributed by atoms with Gasteiger partial charge in [-0.15, -0.1) is 0 Å². The zero-order chi connectivity index (χ0) is 40.6. The summed E-state index contributed by atoms with van der Waals surface area (Å²) in [5.74, 6) is -1.42. The number of hydrogen-bond acceptors (Lipinski definition) is 10. The maximum absolute atomic E-state index is 17.0. The summed E-state index contributed by atoms with van der Waals surface area (Å²) in [7, 11) is -0.358. The second-order valence-corrected chi connectivity index (χ2v) is 19.4. The fraction of sp³-hybridized carbons (Fsp3) is 0.605. The largest absolute Gasteiger partial charge is 0.486 e. The third-order valence-electron chi connectivity index (χ3n) is 14.1. The molecule has 7 aliphatic rings. The minimum atomic E-state index is -4.17. The number of benzene rings is 2. The second kappa shape index (κ2) is 15.2. The minimum Gasteiger partial charge on any atom is -0.486 e. The lowest BCUT2D eigenvalue weighted by molar-refractivity contribution is -0.0802. The first-order valence-electron chi connectivity index (χ1n) is 20.9. The number of carbonyl (C=O) groups excluding carboxylic acids is 2. The molecule has 4 aliphatic carbocycles. The number of amides is 2. The van der Waals surface area contributed by atoms with Crippen molar-refractivity contribution in [2.75, 3.05) is 64.9 Å². The van der Waals surface area contributed by atoms with Gasteiger partial charge in [-0.1, -0.05) is 0 Å². The Labute approximate surface area is 339 Å². The molecule has 2 amide bonds. The first-order valence-corrected chi connectivity index (χ1v) is 22.4. The lowest BCUT2D eigenvalue weighted by Gasteiger charge is -2.53. The number of anilines is 1. The highest BCUT2D eigenvalue weighted by Crippen LogP contribution is 2.55. The molecule has 3 aromatic rings. The van der Waals surface area contributed by atoms with E-state index in [0.717, 1.165) is 73.1 Å². The van der Waals surface area contributed by atoms with Gasteiger partial charge in [0.2, 0.25) is 0 Å². The van der Waals surface area contributed by atoms with E-state index in [2.05, 4.69) is 27.6 Å². The van der Waals surface area contributed by atoms with Crippen molar-refractivity contribution >= 4 is 38.7 Å². The van der Waals surface area contributed by atoms with Gasteiger partial charge in [0.05, 0.1) is 35.9 Å². The summed E-state index contributed by atoms with van der Waals surface area (Å²) in [4.78, 5) is 47.8. The molecule has 4 saturated carbocycles. The topological polar surface area (TPSA) is 142 Å². The molecule has 3 aliphatic heterocycles. The van der Waals surface area contributed by atoms with Gasteiger partial charge in [-0.3, -0.25) is 14.5 Å². The van der Waals surface area contributed by atoms with Crippen molar-refractivity contribution in [3.05, 3.63) is 67.8 Å². The zero-order valence-electron chi connectivity index (χ0n) is 33.9. The van der Waals surface area contributed by atoms with E-state index in [1.165, 1.54) is 27.8 Å². The van der Waals surface area contributed by atoms with Gasteiger partial charge in [0.1, 0.15) is 11.7 Å². The van der Waals surface area contributed by atoms with Crippen molar-refractivity contribution in [1.29, 1.82) is 0 Å². The number of fused-ring (bicyclic) bond motifs is 3. The second-order valence-electron chi connectivity index (χ2n) is 17.8. The maximum Gasteiger partial charge on any atom is 0.341 e. The molecule has 1 N–H and O–H groups in total. The molecule has 2 saturated heterocycles. The van der Waals surface area contributed by atoms with E-state index in [1.807, 2.05) is 13.8 Å². The van der Waals surface area contributed by atoms with Crippen LogP contribution in [-0.4, -0.2) is 107 Å². The number of piperazine rings is 1. The Kier molecular flexibility index (Phi) is 10.3. The number of carbonyl (C=O) groups is 2. The Morgan fingerprint density at radius 2 is 1.64 bits per heavy atom. The molecule has 58 heavy (non-hydrogen) atoms. The average Bonchev–Trinajstić information content (AvgIpc) is 3.75. The van der Waals surface area contributed by atoms with Crippen molar-refractivity contribution < 1.29 is 36.3 Å². The van der Waals surface area contributed by atoms with Crippen LogP contribution in [0.5, 0.6) is 5.75 Å². The molecule has 4 heterocycles. The number of hydrogen-bond donors (Lipinski definition) is 1. The molecule has 0 radical (unpaired) electrons. The number of nitrogens with zero attached hydrogens (tertiary/aromatic N) is 4. The van der Waals surface area contributed by atoms with Crippen molar-refractivity contribution in [3.63, 3.8) is 0 Å². The molecule has 2 aromatic carbocycles. The van der Waals surface area contributed by atoms with Crippen LogP contribution in [0.2, 0.25) is 0 Å². The molecule has 6 fully saturated rings. The van der Waals surface area contributed by atoms with E-state index in [0.29, 0.717) is 61.9 Å². The van der Waals surface area contributed by atoms with Crippen molar-refractivity contribution in [2.24, 2.45) is 23.7 Å². The standard InChI is InChI=1S/C43H54FN5O8S/c1-24-15-35(47-14-13-46(3)30(21-47)23-55-4)25(2)38-36(24)31-9-12-48(22-34(31)43(52)57-38)42(51)32-7-8-33(41(50)45-58(53,54)49-10-5-6-11-49)40(37(32)44)56-39-28-17-26-16-27(19-28)20-29(39)18-26/h7-8,15,26-30,39H,5-6,9-14,16-23H2,1-4H3,(H,45,50)/t26?,27?,28?,29?,30-,39?/m1/s1. The minimum absolute atomic E-state index is 0.0780. The first-order chi connectivity index (χ1) is 27.8. The maximum atomic E-state index is 17.0. The molecule has 0 unspecified atom stereocenters. The van der Waals surface area contributed by atoms with E-state index < -0.39 is 39.2 Å². The Morgan fingerprint density at radius 3 is 2.33 bits per heavy atom. The number of ether oxygens (including phenoxy) is 2. The Hall–Kier alpha value is -4.05. The summed E-state index contributed by atoms with van der Waals surface area (Å²) < 4.78 is 64.7. The van der Waals surface area contributed by atoms with Crippen molar-refractivity contribution in [3.8, 4) is 5.75 Å². The fourth-order valence-corrected chi connectivity index (χ4v) is 12.6. The van der Waals surface area contributed by atoms with E-state index in [-0.39, 0.29) is 48.2 Å². The summed E-state index contributed by atoms with van der Waals surface area (Å²) in [6, 6.07) is 4.89. The normalized spacial score (nSPS) is 27.3. The Balaban J connectivity index is 1.02. The number of aryl methyl sites for hydroxylation is 2. The lowest BCUT2D eigenvalue weighted by atomic mass is 9.55. The highest BCUT2D eigenvalue weighted by atomic mass is 32.2. The van der Waals surface area contributed by atoms with Gasteiger partial charge >= 0.3 is 15.8 Å². The number of rotatable bonds is 9. The Morgan fingerprint density at radius 1 is 0.948 bits per heavy atom. The van der Waals surface area contributed by atoms with Gasteiger partial charge in [0.25, 0.3) is 11.8 Å². The van der Waals surface area contributed by atoms with Gasteiger partial charge in [-0.25, -0.2) is 13.9 Å². The van der Waals surface area contributed by atoms with Gasteiger partial charge in [-0.2, -0.15) is 12.7 Å². The third-order valence-corrected chi connectivity index (χ3v) is 15.6. The van der Waals surface area contributed by atoms with Crippen LogP contribution in [0.4, 0.5) is 10.1 Å². The van der Waals surface area contributed by atoms with Crippen LogP contribution < -0.4 is 20.0 Å². The van der Waals surface area contributed by atoms with Crippen LogP contribution in [0.1, 0.15) is 87.9 Å². The summed E-state index contributed by atoms with van der Waals surface area (Å²) in [5, 5.41) is 0.863. The zero-order valence-corrected chi connectivity index (χ0v) is 34.7. The predicted octanol–water partition coefficient (Wildman–Crippen LogP) is 4.79. The molecule has 4 bridgehead atoms. The third kappa shape index (κ3) is 6.89. The molecule has 10 rings (SSSR count). The quantitative estimate of drug-likeness (QED) is 0.300. The molecule has 1 atom stereocenters. The van der Waals surface area contributed by atoms with E-state index in [9.17, 15) is 22.8 Å². The molecule has 0 spiro atoms. The molecule has 13 nitrogen and oxygen atoms in total. The highest BCUT2D eigenvalue weighted by molar-refractivity contribution is 7.87. The van der Waals surface area contributed by atoms with Crippen LogP contribution in [0, 0.1) is 43.3 Å². The Bertz CT molecular complexity index is 2300. The number of nitrogens with one attached hydrogen (secondary N) is 1. The van der Waals surface area contributed by atoms with Gasteiger partial charge in [0.15, 0.2) is 11.6 Å². The number of methoxy groups -OCH3 is 1. The van der Waals surface area contributed by atoms with Gasteiger partial charge in [0, 0.05) is 63.0 Å². The van der Waals surface area contributed by atoms with Crippen LogP contribution >= 0.6 is 0 Å². The average molecular weight is 820 g/mol. The summed E-state index contributed by atoms with van der Waals surface area (Å²) in [6.07, 6.45) is 6.48. The highest BCUT2D eigenvalue weighted by Gasteiger charge is 2.50. The fourth-order valence-electron chi connectivity index (χ4n) is 11.3. The molecule has 312 valence electrons. The number of halogens is 1. The van der Waals surface area contributed by atoms with Crippen molar-refractivity contribution in [1.82, 2.24) is 18.8 Å². The summed E-state index contributed by atoms with van der Waals surface area (Å²) >= 11 is 0. The van der Waals surface area contributed by atoms with E-state index >= 15 is 4.39 Å². The van der Waals surface area contributed by atoms with E-state index in [4.69, 9.17) is 13.9 Å². The molecule has 15 heteroatoms. The monoisotopic (exact) mass is 819 g/mol. The first kappa shape index (κ1) is 39.4. The number of likely N-dealkylation sites (N-methyl/N-ethyl adjacent to an activating group) is 1.